The molecule has 2 aliphatic heterocycles. The maximum atomic E-state index is 11.9. The molecule has 0 spiro atoms. The molecule has 2 aliphatic rings. The fourth-order valence-corrected chi connectivity index (χ4v) is 4.57. The highest BCUT2D eigenvalue weighted by molar-refractivity contribution is 7.86. The second kappa shape index (κ2) is 6.83. The first-order chi connectivity index (χ1) is 12.1. The number of primary amides is 1. The Labute approximate surface area is 154 Å². The van der Waals surface area contributed by atoms with Crippen molar-refractivity contribution in [2.45, 2.75) is 50.9 Å². The second-order valence-electron chi connectivity index (χ2n) is 7.58. The van der Waals surface area contributed by atoms with Gasteiger partial charge >= 0.3 is 0 Å². The smallest absolute Gasteiger partial charge is 0.264 e. The van der Waals surface area contributed by atoms with Crippen molar-refractivity contribution in [3.63, 3.8) is 0 Å². The van der Waals surface area contributed by atoms with Crippen LogP contribution in [-0.2, 0) is 14.3 Å². The van der Waals surface area contributed by atoms with E-state index in [-0.39, 0.29) is 6.04 Å². The van der Waals surface area contributed by atoms with Crippen LogP contribution in [0.4, 0.5) is 0 Å². The number of nitrogens with two attached hydrogens (primary N) is 1. The van der Waals surface area contributed by atoms with E-state index in [0.717, 1.165) is 44.2 Å². The van der Waals surface area contributed by atoms with Crippen molar-refractivity contribution < 1.29 is 22.1 Å². The zero-order valence-corrected chi connectivity index (χ0v) is 16.2. The number of likely N-dealkylation sites (tertiary alicyclic amines) is 1. The molecule has 0 aromatic heterocycles. The van der Waals surface area contributed by atoms with Crippen molar-refractivity contribution in [3.05, 3.63) is 29.3 Å². The van der Waals surface area contributed by atoms with Crippen molar-refractivity contribution in [1.29, 1.82) is 0 Å². The Morgan fingerprint density at radius 3 is 2.50 bits per heavy atom. The average molecular weight is 382 g/mol. The zero-order valence-electron chi connectivity index (χ0n) is 15.4. The molecule has 144 valence electrons. The minimum absolute atomic E-state index is 0.330. The monoisotopic (exact) mass is 382 g/mol. The third-order valence-corrected chi connectivity index (χ3v) is 5.58. The number of rotatable bonds is 4. The number of hydrogen-bond donors (Lipinski definition) is 1. The molecular formula is C18H26N2O5S. The molecule has 7 nitrogen and oxygen atoms in total. The first-order valence-corrected chi connectivity index (χ1v) is 10.7. The molecule has 0 radical (unpaired) electrons. The van der Waals surface area contributed by atoms with E-state index in [2.05, 4.69) is 4.90 Å². The summed E-state index contributed by atoms with van der Waals surface area (Å²) in [7, 11) is -3.69. The summed E-state index contributed by atoms with van der Waals surface area (Å²) in [5.74, 6) is 0.0968. The number of benzene rings is 1. The Kier molecular flexibility index (Phi) is 5.02. The Morgan fingerprint density at radius 2 is 1.92 bits per heavy atom. The number of carbonyl (C=O) groups excluding carboxylic acids is 1. The number of carbonyl (C=O) groups is 1. The van der Waals surface area contributed by atoms with Crippen molar-refractivity contribution >= 4 is 16.0 Å². The fourth-order valence-electron chi connectivity index (χ4n) is 3.85. The highest BCUT2D eigenvalue weighted by Gasteiger charge is 2.49. The van der Waals surface area contributed by atoms with Crippen molar-refractivity contribution in [3.8, 4) is 5.75 Å². The Bertz CT molecular complexity index is 800. The lowest BCUT2D eigenvalue weighted by molar-refractivity contribution is -0.0798. The predicted molar refractivity (Wildman–Crippen MR) is 97.5 cm³/mol. The van der Waals surface area contributed by atoms with E-state index >= 15 is 0 Å². The van der Waals surface area contributed by atoms with E-state index in [4.69, 9.17) is 14.7 Å². The molecule has 3 rings (SSSR count). The van der Waals surface area contributed by atoms with Crippen LogP contribution in [0.3, 0.4) is 0 Å². The molecular weight excluding hydrogens is 356 g/mol. The van der Waals surface area contributed by atoms with Crippen LogP contribution in [0.5, 0.6) is 5.75 Å². The lowest BCUT2D eigenvalue weighted by Crippen LogP contribution is -2.56. The summed E-state index contributed by atoms with van der Waals surface area (Å²) in [4.78, 5) is 13.9. The summed E-state index contributed by atoms with van der Waals surface area (Å²) in [6.45, 7) is 5.32. The Hall–Kier alpha value is -1.64. The topological polar surface area (TPSA) is 98.9 Å². The largest absolute Gasteiger partial charge is 0.485 e. The molecule has 2 heterocycles. The number of nitrogens with zero attached hydrogens (tertiary/aromatic N) is 1. The molecule has 2 atom stereocenters. The van der Waals surface area contributed by atoms with Gasteiger partial charge in [0.15, 0.2) is 0 Å². The molecule has 8 heteroatoms. The van der Waals surface area contributed by atoms with Gasteiger partial charge in [-0.2, -0.15) is 8.42 Å². The molecule has 0 saturated carbocycles. The summed E-state index contributed by atoms with van der Waals surface area (Å²) >= 11 is 0. The summed E-state index contributed by atoms with van der Waals surface area (Å²) in [6, 6.07) is 4.72. The number of ether oxygens (including phenoxy) is 1. The van der Waals surface area contributed by atoms with E-state index in [0.29, 0.717) is 11.3 Å². The van der Waals surface area contributed by atoms with Gasteiger partial charge in [0, 0.05) is 11.1 Å². The molecule has 0 unspecified atom stereocenters. The normalized spacial score (nSPS) is 26.0. The van der Waals surface area contributed by atoms with Gasteiger partial charge in [-0.1, -0.05) is 6.42 Å². The highest BCUT2D eigenvalue weighted by Crippen LogP contribution is 2.45. The van der Waals surface area contributed by atoms with Crippen LogP contribution in [-0.4, -0.2) is 50.3 Å². The third-order valence-electron chi connectivity index (χ3n) is 5.02. The van der Waals surface area contributed by atoms with Gasteiger partial charge < -0.3 is 10.5 Å². The predicted octanol–water partition coefficient (Wildman–Crippen LogP) is 1.83. The quantitative estimate of drug-likeness (QED) is 0.798. The molecule has 0 bridgehead atoms. The maximum Gasteiger partial charge on any atom is 0.264 e. The molecule has 0 aliphatic carbocycles. The standard InChI is InChI=1S/C18H26N2O5S/c1-18(2)16(25-26(3,22)23)15(20-9-5-4-6-10-20)13-11-12(17(19)21)7-8-14(13)24-18/h7-8,11,15-16H,4-6,9-10H2,1-3H3,(H2,19,21)/t15-,16+/m1/s1. The van der Waals surface area contributed by atoms with Crippen LogP contribution < -0.4 is 10.5 Å². The molecule has 2 N–H and O–H groups in total. The third kappa shape index (κ3) is 3.87. The molecule has 1 fully saturated rings. The fraction of sp³-hybridized carbons (Fsp3) is 0.611. The molecule has 1 amide bonds. The van der Waals surface area contributed by atoms with Gasteiger partial charge in [-0.25, -0.2) is 0 Å². The molecule has 1 aromatic carbocycles. The Balaban J connectivity index is 2.13. The van der Waals surface area contributed by atoms with Crippen molar-refractivity contribution in [2.24, 2.45) is 5.73 Å². The minimum atomic E-state index is -3.69. The van der Waals surface area contributed by atoms with E-state index in [9.17, 15) is 13.2 Å². The lowest BCUT2D eigenvalue weighted by atomic mass is 9.84. The van der Waals surface area contributed by atoms with E-state index in [1.54, 1.807) is 18.2 Å². The van der Waals surface area contributed by atoms with E-state index in [1.165, 1.54) is 0 Å². The van der Waals surface area contributed by atoms with E-state index in [1.807, 2.05) is 13.8 Å². The average Bonchev–Trinajstić information content (AvgIpc) is 2.54. The zero-order chi connectivity index (χ0) is 19.1. The van der Waals surface area contributed by atoms with Crippen LogP contribution in [0, 0.1) is 0 Å². The van der Waals surface area contributed by atoms with Gasteiger partial charge in [-0.15, -0.1) is 0 Å². The first kappa shape index (κ1) is 19.1. The number of hydrogen-bond acceptors (Lipinski definition) is 6. The highest BCUT2D eigenvalue weighted by atomic mass is 32.2. The first-order valence-electron chi connectivity index (χ1n) is 8.83. The van der Waals surface area contributed by atoms with Gasteiger partial charge in [-0.3, -0.25) is 13.9 Å². The van der Waals surface area contributed by atoms with Gasteiger partial charge in [0.25, 0.3) is 10.1 Å². The summed E-state index contributed by atoms with van der Waals surface area (Å²) in [5, 5.41) is 0. The van der Waals surface area contributed by atoms with Crippen LogP contribution in [0.2, 0.25) is 0 Å². The minimum Gasteiger partial charge on any atom is -0.485 e. The Morgan fingerprint density at radius 1 is 1.27 bits per heavy atom. The van der Waals surface area contributed by atoms with Crippen LogP contribution in [0.25, 0.3) is 0 Å². The number of amides is 1. The number of fused-ring (bicyclic) bond motifs is 1. The van der Waals surface area contributed by atoms with Gasteiger partial charge in [0.05, 0.1) is 12.3 Å². The number of piperidine rings is 1. The molecule has 26 heavy (non-hydrogen) atoms. The summed E-state index contributed by atoms with van der Waals surface area (Å²) < 4.78 is 35.4. The van der Waals surface area contributed by atoms with Crippen molar-refractivity contribution in [1.82, 2.24) is 4.90 Å². The van der Waals surface area contributed by atoms with Crippen LogP contribution in [0.1, 0.15) is 55.1 Å². The SMILES string of the molecule is CC1(C)Oc2ccc(C(N)=O)cc2[C@@H](N2CCCCC2)[C@@H]1OS(C)(=O)=O. The second-order valence-corrected chi connectivity index (χ2v) is 9.19. The maximum absolute atomic E-state index is 11.9. The van der Waals surface area contributed by atoms with Crippen LogP contribution >= 0.6 is 0 Å². The van der Waals surface area contributed by atoms with Gasteiger partial charge in [0.2, 0.25) is 5.91 Å². The van der Waals surface area contributed by atoms with E-state index < -0.39 is 27.7 Å². The lowest BCUT2D eigenvalue weighted by Gasteiger charge is -2.48. The molecule has 1 saturated heterocycles. The summed E-state index contributed by atoms with van der Waals surface area (Å²) in [6.07, 6.45) is 3.54. The van der Waals surface area contributed by atoms with Gasteiger partial charge in [-0.05, 0) is 58.0 Å². The van der Waals surface area contributed by atoms with Crippen LogP contribution in [0.15, 0.2) is 18.2 Å². The van der Waals surface area contributed by atoms with Gasteiger partial charge in [0.1, 0.15) is 17.5 Å². The summed E-state index contributed by atoms with van der Waals surface area (Å²) in [5.41, 5.74) is 5.70. The molecule has 1 aromatic rings. The van der Waals surface area contributed by atoms with Crippen molar-refractivity contribution in [2.75, 3.05) is 19.3 Å².